The number of rotatable bonds is 2. The van der Waals surface area contributed by atoms with E-state index < -0.39 is 6.10 Å². The van der Waals surface area contributed by atoms with Crippen molar-refractivity contribution < 1.29 is 9.52 Å². The van der Waals surface area contributed by atoms with E-state index in [0.29, 0.717) is 11.7 Å². The lowest BCUT2D eigenvalue weighted by molar-refractivity contribution is 0.166. The average molecular weight is 182 g/mol. The quantitative estimate of drug-likeness (QED) is 0.710. The topological polar surface area (TPSA) is 58.3 Å². The zero-order chi connectivity index (χ0) is 9.26. The fraction of sp³-hybridized carbons (Fsp3) is 0.667. The highest BCUT2D eigenvalue weighted by atomic mass is 16.4. The van der Waals surface area contributed by atoms with E-state index in [2.05, 4.69) is 10.3 Å². The van der Waals surface area contributed by atoms with Crippen molar-refractivity contribution in [2.45, 2.75) is 25.4 Å². The van der Waals surface area contributed by atoms with Gasteiger partial charge in [-0.3, -0.25) is 0 Å². The maximum Gasteiger partial charge on any atom is 0.198 e. The van der Waals surface area contributed by atoms with Crippen LogP contribution in [0.3, 0.4) is 0 Å². The molecule has 1 aromatic heterocycles. The second kappa shape index (κ2) is 3.47. The molecule has 4 nitrogen and oxygen atoms in total. The smallest absolute Gasteiger partial charge is 0.198 e. The third-order valence-corrected chi connectivity index (χ3v) is 2.36. The Balaban J connectivity index is 2.12. The second-order valence-corrected chi connectivity index (χ2v) is 3.47. The molecule has 2 atom stereocenters. The first-order valence-corrected chi connectivity index (χ1v) is 4.62. The van der Waals surface area contributed by atoms with Crippen LogP contribution in [0.2, 0.25) is 0 Å². The highest BCUT2D eigenvalue weighted by Gasteiger charge is 2.22. The van der Waals surface area contributed by atoms with Crippen molar-refractivity contribution in [1.29, 1.82) is 0 Å². The van der Waals surface area contributed by atoms with Gasteiger partial charge in [-0.2, -0.15) is 0 Å². The SMILES string of the molecule is CC(O)c1cnc(C2CCNC2)o1. The molecule has 1 fully saturated rings. The first-order valence-electron chi connectivity index (χ1n) is 4.62. The summed E-state index contributed by atoms with van der Waals surface area (Å²) < 4.78 is 5.43. The Kier molecular flexibility index (Phi) is 2.33. The van der Waals surface area contributed by atoms with E-state index in [1.807, 2.05) is 0 Å². The standard InChI is InChI=1S/C9H14N2O2/c1-6(12)8-5-11-9(13-8)7-2-3-10-4-7/h5-7,10,12H,2-4H2,1H3. The first-order chi connectivity index (χ1) is 6.27. The minimum absolute atomic E-state index is 0.382. The predicted molar refractivity (Wildman–Crippen MR) is 47.4 cm³/mol. The molecule has 1 aliphatic heterocycles. The van der Waals surface area contributed by atoms with Crippen molar-refractivity contribution >= 4 is 0 Å². The molecule has 0 saturated carbocycles. The van der Waals surface area contributed by atoms with Crippen molar-refractivity contribution in [2.24, 2.45) is 0 Å². The Hall–Kier alpha value is -0.870. The molecule has 2 N–H and O–H groups in total. The Labute approximate surface area is 77.0 Å². The molecule has 2 rings (SSSR count). The molecular weight excluding hydrogens is 168 g/mol. The van der Waals surface area contributed by atoms with Crippen LogP contribution in [0.4, 0.5) is 0 Å². The van der Waals surface area contributed by atoms with Gasteiger partial charge in [0.1, 0.15) is 6.10 Å². The molecule has 4 heteroatoms. The molecule has 2 heterocycles. The number of oxazole rings is 1. The third-order valence-electron chi connectivity index (χ3n) is 2.36. The maximum absolute atomic E-state index is 9.23. The van der Waals surface area contributed by atoms with E-state index in [0.717, 1.165) is 25.4 Å². The van der Waals surface area contributed by atoms with Crippen molar-refractivity contribution in [3.8, 4) is 0 Å². The van der Waals surface area contributed by atoms with Gasteiger partial charge >= 0.3 is 0 Å². The molecule has 0 aliphatic carbocycles. The molecule has 72 valence electrons. The van der Waals surface area contributed by atoms with Crippen LogP contribution in [0.25, 0.3) is 0 Å². The third kappa shape index (κ3) is 1.73. The molecule has 0 amide bonds. The van der Waals surface area contributed by atoms with Gasteiger partial charge in [-0.25, -0.2) is 4.98 Å². The Morgan fingerprint density at radius 3 is 3.15 bits per heavy atom. The van der Waals surface area contributed by atoms with Gasteiger partial charge in [-0.1, -0.05) is 0 Å². The first kappa shape index (κ1) is 8.72. The number of nitrogens with zero attached hydrogens (tertiary/aromatic N) is 1. The van der Waals surface area contributed by atoms with E-state index in [1.54, 1.807) is 13.1 Å². The zero-order valence-corrected chi connectivity index (χ0v) is 7.66. The fourth-order valence-electron chi connectivity index (χ4n) is 1.55. The molecule has 0 spiro atoms. The minimum Gasteiger partial charge on any atom is -0.443 e. The highest BCUT2D eigenvalue weighted by Crippen LogP contribution is 2.23. The van der Waals surface area contributed by atoms with Crippen LogP contribution >= 0.6 is 0 Å². The molecule has 0 aromatic carbocycles. The molecule has 0 bridgehead atoms. The summed E-state index contributed by atoms with van der Waals surface area (Å²) in [4.78, 5) is 4.15. The predicted octanol–water partition coefficient (Wildman–Crippen LogP) is 0.805. The largest absolute Gasteiger partial charge is 0.443 e. The van der Waals surface area contributed by atoms with Gasteiger partial charge < -0.3 is 14.8 Å². The molecule has 13 heavy (non-hydrogen) atoms. The summed E-state index contributed by atoms with van der Waals surface area (Å²) in [6.07, 6.45) is 2.12. The van der Waals surface area contributed by atoms with Gasteiger partial charge in [0.2, 0.25) is 0 Å². The van der Waals surface area contributed by atoms with E-state index >= 15 is 0 Å². The van der Waals surface area contributed by atoms with E-state index in [9.17, 15) is 5.11 Å². The summed E-state index contributed by atoms with van der Waals surface area (Å²) in [6, 6.07) is 0. The van der Waals surface area contributed by atoms with E-state index in [4.69, 9.17) is 4.42 Å². The lowest BCUT2D eigenvalue weighted by Crippen LogP contribution is -2.07. The molecule has 0 radical (unpaired) electrons. The molecule has 1 saturated heterocycles. The Bertz CT molecular complexity index is 277. The van der Waals surface area contributed by atoms with Crippen molar-refractivity contribution in [3.63, 3.8) is 0 Å². The van der Waals surface area contributed by atoms with Crippen molar-refractivity contribution in [3.05, 3.63) is 17.8 Å². The van der Waals surface area contributed by atoms with Gasteiger partial charge in [-0.15, -0.1) is 0 Å². The van der Waals surface area contributed by atoms with Crippen LogP contribution in [0.5, 0.6) is 0 Å². The number of hydrogen-bond acceptors (Lipinski definition) is 4. The Morgan fingerprint density at radius 1 is 1.77 bits per heavy atom. The summed E-state index contributed by atoms with van der Waals surface area (Å²) in [6.45, 7) is 3.63. The van der Waals surface area contributed by atoms with Crippen molar-refractivity contribution in [2.75, 3.05) is 13.1 Å². The number of aromatic nitrogens is 1. The second-order valence-electron chi connectivity index (χ2n) is 3.47. The van der Waals surface area contributed by atoms with Gasteiger partial charge in [0.15, 0.2) is 11.7 Å². The monoisotopic (exact) mass is 182 g/mol. The molecule has 1 aromatic rings. The van der Waals surface area contributed by atoms with Gasteiger partial charge in [0, 0.05) is 12.5 Å². The van der Waals surface area contributed by atoms with Crippen LogP contribution in [0, 0.1) is 0 Å². The fourth-order valence-corrected chi connectivity index (χ4v) is 1.55. The minimum atomic E-state index is -0.560. The molecular formula is C9H14N2O2. The van der Waals surface area contributed by atoms with E-state index in [-0.39, 0.29) is 0 Å². The molecule has 1 aliphatic rings. The highest BCUT2D eigenvalue weighted by molar-refractivity contribution is 5.03. The lowest BCUT2D eigenvalue weighted by atomic mass is 10.1. The van der Waals surface area contributed by atoms with Crippen LogP contribution in [-0.4, -0.2) is 23.2 Å². The normalized spacial score (nSPS) is 24.9. The van der Waals surface area contributed by atoms with Crippen LogP contribution in [0.1, 0.15) is 37.0 Å². The summed E-state index contributed by atoms with van der Waals surface area (Å²) in [5, 5.41) is 12.5. The van der Waals surface area contributed by atoms with Crippen molar-refractivity contribution in [1.82, 2.24) is 10.3 Å². The number of hydrogen-bond donors (Lipinski definition) is 2. The summed E-state index contributed by atoms with van der Waals surface area (Å²) in [7, 11) is 0. The lowest BCUT2D eigenvalue weighted by Gasteiger charge is -2.02. The Morgan fingerprint density at radius 2 is 2.62 bits per heavy atom. The van der Waals surface area contributed by atoms with Gasteiger partial charge in [0.25, 0.3) is 0 Å². The summed E-state index contributed by atoms with van der Waals surface area (Å²) in [5.74, 6) is 1.69. The number of nitrogens with one attached hydrogen (secondary N) is 1. The van der Waals surface area contributed by atoms with Crippen LogP contribution in [-0.2, 0) is 0 Å². The van der Waals surface area contributed by atoms with Gasteiger partial charge in [-0.05, 0) is 19.9 Å². The maximum atomic E-state index is 9.23. The van der Waals surface area contributed by atoms with E-state index in [1.165, 1.54) is 0 Å². The van der Waals surface area contributed by atoms with Gasteiger partial charge in [0.05, 0.1) is 6.20 Å². The summed E-state index contributed by atoms with van der Waals surface area (Å²) >= 11 is 0. The zero-order valence-electron chi connectivity index (χ0n) is 7.66. The van der Waals surface area contributed by atoms with Crippen LogP contribution < -0.4 is 5.32 Å². The molecule has 2 unspecified atom stereocenters. The number of aliphatic hydroxyl groups is 1. The average Bonchev–Trinajstić information content (AvgIpc) is 2.75. The summed E-state index contributed by atoms with van der Waals surface area (Å²) in [5.41, 5.74) is 0. The van der Waals surface area contributed by atoms with Crippen LogP contribution in [0.15, 0.2) is 10.6 Å². The number of aliphatic hydroxyl groups excluding tert-OH is 1.